The molecule has 6 nitrogen and oxygen atoms in total. The lowest BCUT2D eigenvalue weighted by atomic mass is 10.1. The second-order valence-corrected chi connectivity index (χ2v) is 7.37. The van der Waals surface area contributed by atoms with Gasteiger partial charge >= 0.3 is 0 Å². The van der Waals surface area contributed by atoms with E-state index in [0.29, 0.717) is 57.2 Å². The van der Waals surface area contributed by atoms with E-state index in [0.717, 1.165) is 5.56 Å². The van der Waals surface area contributed by atoms with Crippen LogP contribution in [0.3, 0.4) is 0 Å². The fraction of sp³-hybridized carbons (Fsp3) is 0.391. The first-order chi connectivity index (χ1) is 14.5. The molecule has 1 aliphatic rings. The number of benzene rings is 2. The molecule has 1 fully saturated rings. The maximum absolute atomic E-state index is 13.0. The summed E-state index contributed by atoms with van der Waals surface area (Å²) in [6.45, 7) is 5.54. The molecule has 0 radical (unpaired) electrons. The van der Waals surface area contributed by atoms with Crippen molar-refractivity contribution in [3.63, 3.8) is 0 Å². The second-order valence-electron chi connectivity index (χ2n) is 7.37. The number of rotatable bonds is 7. The van der Waals surface area contributed by atoms with Gasteiger partial charge in [-0.2, -0.15) is 0 Å². The number of carbonyl (C=O) groups is 2. The molecule has 0 atom stereocenters. The predicted octanol–water partition coefficient (Wildman–Crippen LogP) is 2.64. The fourth-order valence-electron chi connectivity index (χ4n) is 3.47. The van der Waals surface area contributed by atoms with Crippen LogP contribution in [0.2, 0.25) is 0 Å². The summed E-state index contributed by atoms with van der Waals surface area (Å²) in [5.74, 6) is 0.272. The number of halogens is 1. The Morgan fingerprint density at radius 3 is 2.37 bits per heavy atom. The predicted molar refractivity (Wildman–Crippen MR) is 113 cm³/mol. The number of hydrogen-bond acceptors (Lipinski definition) is 4. The summed E-state index contributed by atoms with van der Waals surface area (Å²) in [7, 11) is 1.75. The number of amides is 2. The number of hydrogen-bond donors (Lipinski definition) is 0. The average molecular weight is 413 g/mol. The second kappa shape index (κ2) is 10.2. The number of likely N-dealkylation sites (N-methyl/N-ethyl adjacent to an activating group) is 1. The lowest BCUT2D eigenvalue weighted by molar-refractivity contribution is -0.132. The van der Waals surface area contributed by atoms with Gasteiger partial charge in [0.15, 0.2) is 0 Å². The highest BCUT2D eigenvalue weighted by molar-refractivity contribution is 5.97. The summed E-state index contributed by atoms with van der Waals surface area (Å²) in [5.41, 5.74) is 1.46. The van der Waals surface area contributed by atoms with Crippen molar-refractivity contribution in [2.24, 2.45) is 0 Å². The molecule has 2 aromatic carbocycles. The Morgan fingerprint density at radius 2 is 1.70 bits per heavy atom. The van der Waals surface area contributed by atoms with Crippen LogP contribution >= 0.6 is 0 Å². The van der Waals surface area contributed by atoms with E-state index in [9.17, 15) is 14.0 Å². The van der Waals surface area contributed by atoms with E-state index in [1.807, 2.05) is 25.1 Å². The Balaban J connectivity index is 1.50. The third-order valence-electron chi connectivity index (χ3n) is 5.19. The molecule has 0 spiro atoms. The van der Waals surface area contributed by atoms with Crippen LogP contribution in [-0.2, 0) is 11.3 Å². The number of para-hydroxylation sites is 1. The van der Waals surface area contributed by atoms with Crippen molar-refractivity contribution in [3.8, 4) is 5.75 Å². The standard InChI is InChI=1S/C23H28FN3O3/c1-3-30-21-7-5-4-6-20(21)23(29)27-14-12-26(13-15-27)17-22(28)25(2)16-18-8-10-19(24)11-9-18/h4-11H,3,12-17H2,1-2H3. The van der Waals surface area contributed by atoms with Gasteiger partial charge < -0.3 is 14.5 Å². The molecule has 0 saturated carbocycles. The van der Waals surface area contributed by atoms with E-state index in [1.54, 1.807) is 35.0 Å². The van der Waals surface area contributed by atoms with E-state index < -0.39 is 0 Å². The van der Waals surface area contributed by atoms with Crippen LogP contribution in [0.25, 0.3) is 0 Å². The van der Waals surface area contributed by atoms with Crippen LogP contribution in [-0.4, -0.2) is 72.9 Å². The number of nitrogens with zero attached hydrogens (tertiary/aromatic N) is 3. The van der Waals surface area contributed by atoms with Crippen molar-refractivity contribution in [3.05, 3.63) is 65.5 Å². The Morgan fingerprint density at radius 1 is 1.03 bits per heavy atom. The summed E-state index contributed by atoms with van der Waals surface area (Å²) in [6.07, 6.45) is 0. The minimum absolute atomic E-state index is 0.000734. The van der Waals surface area contributed by atoms with Crippen molar-refractivity contribution in [2.75, 3.05) is 46.4 Å². The van der Waals surface area contributed by atoms with Gasteiger partial charge in [0.1, 0.15) is 11.6 Å². The monoisotopic (exact) mass is 413 g/mol. The molecule has 1 heterocycles. The number of ether oxygens (including phenoxy) is 1. The normalized spacial score (nSPS) is 14.4. The van der Waals surface area contributed by atoms with Crippen LogP contribution in [0, 0.1) is 5.82 Å². The smallest absolute Gasteiger partial charge is 0.257 e. The molecule has 2 amide bonds. The van der Waals surface area contributed by atoms with Crippen LogP contribution in [0.5, 0.6) is 5.75 Å². The van der Waals surface area contributed by atoms with E-state index >= 15 is 0 Å². The van der Waals surface area contributed by atoms with E-state index in [4.69, 9.17) is 4.74 Å². The van der Waals surface area contributed by atoms with Gasteiger partial charge in [0.25, 0.3) is 5.91 Å². The maximum atomic E-state index is 13.0. The van der Waals surface area contributed by atoms with Gasteiger partial charge in [-0.1, -0.05) is 24.3 Å². The molecule has 0 N–H and O–H groups in total. The lowest BCUT2D eigenvalue weighted by Crippen LogP contribution is -2.51. The zero-order chi connectivity index (χ0) is 21.5. The summed E-state index contributed by atoms with van der Waals surface area (Å²) in [5, 5.41) is 0. The summed E-state index contributed by atoms with van der Waals surface area (Å²) in [4.78, 5) is 30.9. The number of piperazine rings is 1. The van der Waals surface area contributed by atoms with E-state index in [-0.39, 0.29) is 17.6 Å². The molecule has 1 saturated heterocycles. The lowest BCUT2D eigenvalue weighted by Gasteiger charge is -2.35. The Bertz CT molecular complexity index is 864. The minimum Gasteiger partial charge on any atom is -0.493 e. The van der Waals surface area contributed by atoms with Crippen molar-refractivity contribution in [2.45, 2.75) is 13.5 Å². The first-order valence-corrected chi connectivity index (χ1v) is 10.2. The van der Waals surface area contributed by atoms with Crippen molar-refractivity contribution in [1.29, 1.82) is 0 Å². The third-order valence-corrected chi connectivity index (χ3v) is 5.19. The van der Waals surface area contributed by atoms with Gasteiger partial charge in [0.05, 0.1) is 18.7 Å². The van der Waals surface area contributed by atoms with Gasteiger partial charge in [-0.15, -0.1) is 0 Å². The average Bonchev–Trinajstić information content (AvgIpc) is 2.76. The van der Waals surface area contributed by atoms with Crippen molar-refractivity contribution >= 4 is 11.8 Å². The topological polar surface area (TPSA) is 53.1 Å². The van der Waals surface area contributed by atoms with Gasteiger partial charge in [-0.25, -0.2) is 4.39 Å². The van der Waals surface area contributed by atoms with E-state index in [2.05, 4.69) is 4.90 Å². The molecule has 30 heavy (non-hydrogen) atoms. The largest absolute Gasteiger partial charge is 0.493 e. The Hall–Kier alpha value is -2.93. The van der Waals surface area contributed by atoms with Crippen LogP contribution in [0.4, 0.5) is 4.39 Å². The SMILES string of the molecule is CCOc1ccccc1C(=O)N1CCN(CC(=O)N(C)Cc2ccc(F)cc2)CC1. The van der Waals surface area contributed by atoms with Crippen LogP contribution in [0.1, 0.15) is 22.8 Å². The molecule has 0 aliphatic carbocycles. The molecule has 2 aromatic rings. The Kier molecular flexibility index (Phi) is 7.41. The molecule has 3 rings (SSSR count). The van der Waals surface area contributed by atoms with Crippen LogP contribution in [0.15, 0.2) is 48.5 Å². The molecule has 0 unspecified atom stereocenters. The highest BCUT2D eigenvalue weighted by atomic mass is 19.1. The van der Waals surface area contributed by atoms with Gasteiger partial charge in [-0.05, 0) is 36.8 Å². The van der Waals surface area contributed by atoms with Gasteiger partial charge in [0, 0.05) is 39.8 Å². The molecule has 0 bridgehead atoms. The Labute approximate surface area is 176 Å². The summed E-state index contributed by atoms with van der Waals surface area (Å²) >= 11 is 0. The highest BCUT2D eigenvalue weighted by Gasteiger charge is 2.25. The van der Waals surface area contributed by atoms with Crippen molar-refractivity contribution < 1.29 is 18.7 Å². The first kappa shape index (κ1) is 21.8. The third kappa shape index (κ3) is 5.57. The molecule has 7 heteroatoms. The summed E-state index contributed by atoms with van der Waals surface area (Å²) in [6, 6.07) is 13.4. The highest BCUT2D eigenvalue weighted by Crippen LogP contribution is 2.20. The molecular weight excluding hydrogens is 385 g/mol. The molecule has 160 valence electrons. The summed E-state index contributed by atoms with van der Waals surface area (Å²) < 4.78 is 18.6. The molecular formula is C23H28FN3O3. The quantitative estimate of drug-likeness (QED) is 0.700. The zero-order valence-electron chi connectivity index (χ0n) is 17.5. The minimum atomic E-state index is -0.288. The van der Waals surface area contributed by atoms with E-state index in [1.165, 1.54) is 12.1 Å². The van der Waals surface area contributed by atoms with Gasteiger partial charge in [-0.3, -0.25) is 14.5 Å². The van der Waals surface area contributed by atoms with Crippen LogP contribution < -0.4 is 4.74 Å². The first-order valence-electron chi connectivity index (χ1n) is 10.2. The fourth-order valence-corrected chi connectivity index (χ4v) is 3.47. The molecule has 0 aromatic heterocycles. The van der Waals surface area contributed by atoms with Gasteiger partial charge in [0.2, 0.25) is 5.91 Å². The zero-order valence-corrected chi connectivity index (χ0v) is 17.5. The number of carbonyl (C=O) groups excluding carboxylic acids is 2. The maximum Gasteiger partial charge on any atom is 0.257 e. The van der Waals surface area contributed by atoms with Crippen molar-refractivity contribution in [1.82, 2.24) is 14.7 Å². The molecule has 1 aliphatic heterocycles.